The molecule has 29 heavy (non-hydrogen) atoms. The molecule has 1 aromatic carbocycles. The van der Waals surface area contributed by atoms with E-state index in [1.165, 1.54) is 0 Å². The van der Waals surface area contributed by atoms with Gasteiger partial charge in [0.15, 0.2) is 0 Å². The highest BCUT2D eigenvalue weighted by Crippen LogP contribution is 2.21. The molecule has 0 atom stereocenters. The van der Waals surface area contributed by atoms with E-state index >= 15 is 0 Å². The first-order chi connectivity index (χ1) is 13.9. The molecule has 0 aliphatic rings. The fourth-order valence-electron chi connectivity index (χ4n) is 3.09. The predicted molar refractivity (Wildman–Crippen MR) is 115 cm³/mol. The molecule has 0 aliphatic heterocycles. The van der Waals surface area contributed by atoms with Gasteiger partial charge in [-0.1, -0.05) is 6.07 Å². The molecule has 2 N–H and O–H groups in total. The van der Waals surface area contributed by atoms with Crippen molar-refractivity contribution in [1.82, 2.24) is 15.0 Å². The minimum atomic E-state index is -0.221. The number of aromatic nitrogens is 3. The molecular formula is C22H26FN5O. The monoisotopic (exact) mass is 395 g/mol. The van der Waals surface area contributed by atoms with Crippen LogP contribution in [0.25, 0.3) is 11.4 Å². The molecule has 3 aromatic rings. The third kappa shape index (κ3) is 4.62. The van der Waals surface area contributed by atoms with E-state index in [0.29, 0.717) is 35.1 Å². The average molecular weight is 395 g/mol. The lowest BCUT2D eigenvalue weighted by Crippen LogP contribution is -2.23. The summed E-state index contributed by atoms with van der Waals surface area (Å²) in [7, 11) is 0. The summed E-state index contributed by atoms with van der Waals surface area (Å²) in [5, 5.41) is 3.19. The summed E-state index contributed by atoms with van der Waals surface area (Å²) < 4.78 is 14.4. The van der Waals surface area contributed by atoms with Crippen LogP contribution in [0.15, 0.2) is 41.3 Å². The molecule has 7 heteroatoms. The number of pyridine rings is 1. The molecule has 152 valence electrons. The zero-order chi connectivity index (χ0) is 21.0. The van der Waals surface area contributed by atoms with Crippen LogP contribution in [-0.4, -0.2) is 28.0 Å². The van der Waals surface area contributed by atoms with Gasteiger partial charge in [0.05, 0.1) is 5.69 Å². The van der Waals surface area contributed by atoms with Crippen LogP contribution in [-0.2, 0) is 6.54 Å². The Hall–Kier alpha value is -3.22. The number of nitrogens with zero attached hydrogens (tertiary/aromatic N) is 3. The van der Waals surface area contributed by atoms with Crippen molar-refractivity contribution >= 4 is 11.5 Å². The van der Waals surface area contributed by atoms with Crippen molar-refractivity contribution in [3.05, 3.63) is 69.5 Å². The molecule has 2 aromatic heterocycles. The SMILES string of the molecule is CCN(CC)c1ccc(CNc2ccc(-c3nc(C)c(C)c(=O)[nH]3)cn2)cc1F. The van der Waals surface area contributed by atoms with Crippen molar-refractivity contribution in [3.63, 3.8) is 0 Å². The van der Waals surface area contributed by atoms with Crippen LogP contribution >= 0.6 is 0 Å². The first-order valence-corrected chi connectivity index (χ1v) is 9.74. The quantitative estimate of drug-likeness (QED) is 0.631. The fraction of sp³-hybridized carbons (Fsp3) is 0.318. The van der Waals surface area contributed by atoms with Gasteiger partial charge in [0.1, 0.15) is 17.5 Å². The van der Waals surface area contributed by atoms with Crippen LogP contribution in [0.3, 0.4) is 0 Å². The summed E-state index contributed by atoms with van der Waals surface area (Å²) in [6.07, 6.45) is 1.65. The molecule has 6 nitrogen and oxygen atoms in total. The van der Waals surface area contributed by atoms with Gasteiger partial charge in [-0.2, -0.15) is 0 Å². The minimum absolute atomic E-state index is 0.148. The van der Waals surface area contributed by atoms with E-state index in [-0.39, 0.29) is 11.4 Å². The Morgan fingerprint density at radius 1 is 1.14 bits per heavy atom. The largest absolute Gasteiger partial charge is 0.370 e. The van der Waals surface area contributed by atoms with Gasteiger partial charge in [-0.25, -0.2) is 14.4 Å². The lowest BCUT2D eigenvalue weighted by atomic mass is 10.1. The summed E-state index contributed by atoms with van der Waals surface area (Å²) >= 11 is 0. The van der Waals surface area contributed by atoms with Crippen molar-refractivity contribution in [2.75, 3.05) is 23.3 Å². The Kier molecular flexibility index (Phi) is 6.26. The van der Waals surface area contributed by atoms with Gasteiger partial charge in [0, 0.05) is 42.7 Å². The zero-order valence-corrected chi connectivity index (χ0v) is 17.2. The maximum absolute atomic E-state index is 14.4. The number of benzene rings is 1. The molecule has 0 saturated heterocycles. The first-order valence-electron chi connectivity index (χ1n) is 9.74. The Morgan fingerprint density at radius 3 is 2.48 bits per heavy atom. The van der Waals surface area contributed by atoms with Crippen LogP contribution in [0.2, 0.25) is 0 Å². The number of anilines is 2. The number of aryl methyl sites for hydroxylation is 1. The molecule has 2 heterocycles. The lowest BCUT2D eigenvalue weighted by Gasteiger charge is -2.22. The van der Waals surface area contributed by atoms with E-state index in [1.54, 1.807) is 19.2 Å². The van der Waals surface area contributed by atoms with E-state index in [0.717, 1.165) is 24.2 Å². The van der Waals surface area contributed by atoms with Gasteiger partial charge >= 0.3 is 0 Å². The molecule has 0 radical (unpaired) electrons. The van der Waals surface area contributed by atoms with Crippen LogP contribution in [0.4, 0.5) is 15.9 Å². The molecule has 0 bridgehead atoms. The number of halogens is 1. The molecule has 0 unspecified atom stereocenters. The second-order valence-electron chi connectivity index (χ2n) is 6.87. The highest BCUT2D eigenvalue weighted by atomic mass is 19.1. The predicted octanol–water partition coefficient (Wildman–Crippen LogP) is 4.05. The highest BCUT2D eigenvalue weighted by molar-refractivity contribution is 5.56. The Labute approximate surface area is 169 Å². The maximum Gasteiger partial charge on any atom is 0.254 e. The molecule has 0 saturated carbocycles. The summed E-state index contributed by atoms with van der Waals surface area (Å²) in [6.45, 7) is 9.56. The van der Waals surface area contributed by atoms with E-state index in [4.69, 9.17) is 0 Å². The molecular weight excluding hydrogens is 369 g/mol. The van der Waals surface area contributed by atoms with Crippen LogP contribution in [0, 0.1) is 19.7 Å². The van der Waals surface area contributed by atoms with Gasteiger partial charge in [-0.05, 0) is 57.5 Å². The summed E-state index contributed by atoms with van der Waals surface area (Å²) in [4.78, 5) is 25.5. The van der Waals surface area contributed by atoms with Crippen LogP contribution in [0.1, 0.15) is 30.7 Å². The number of H-pyrrole nitrogens is 1. The van der Waals surface area contributed by atoms with Crippen molar-refractivity contribution in [3.8, 4) is 11.4 Å². The van der Waals surface area contributed by atoms with Gasteiger partial charge < -0.3 is 15.2 Å². The third-order valence-electron chi connectivity index (χ3n) is 5.02. The number of aromatic amines is 1. The second-order valence-corrected chi connectivity index (χ2v) is 6.87. The highest BCUT2D eigenvalue weighted by Gasteiger charge is 2.10. The number of rotatable bonds is 7. The van der Waals surface area contributed by atoms with Crippen LogP contribution < -0.4 is 15.8 Å². The van der Waals surface area contributed by atoms with Crippen molar-refractivity contribution in [2.24, 2.45) is 0 Å². The van der Waals surface area contributed by atoms with Crippen LogP contribution in [0.5, 0.6) is 0 Å². The van der Waals surface area contributed by atoms with Gasteiger partial charge in [0.2, 0.25) is 0 Å². The molecule has 0 fully saturated rings. The van der Waals surface area contributed by atoms with Crippen molar-refractivity contribution in [1.29, 1.82) is 0 Å². The van der Waals surface area contributed by atoms with E-state index in [1.807, 2.05) is 49.9 Å². The second kappa shape index (κ2) is 8.86. The summed E-state index contributed by atoms with van der Waals surface area (Å²) in [5.41, 5.74) is 3.34. The van der Waals surface area contributed by atoms with Crippen molar-refractivity contribution < 1.29 is 4.39 Å². The number of hydrogen-bond acceptors (Lipinski definition) is 5. The lowest BCUT2D eigenvalue weighted by molar-refractivity contribution is 0.618. The topological polar surface area (TPSA) is 73.9 Å². The summed E-state index contributed by atoms with van der Waals surface area (Å²) in [5.74, 6) is 0.931. The molecule has 0 aliphatic carbocycles. The van der Waals surface area contributed by atoms with E-state index in [2.05, 4.69) is 20.3 Å². The minimum Gasteiger partial charge on any atom is -0.370 e. The van der Waals surface area contributed by atoms with Gasteiger partial charge in [-0.15, -0.1) is 0 Å². The fourth-order valence-corrected chi connectivity index (χ4v) is 3.09. The molecule has 0 spiro atoms. The third-order valence-corrected chi connectivity index (χ3v) is 5.02. The molecule has 3 rings (SSSR count). The van der Waals surface area contributed by atoms with E-state index in [9.17, 15) is 9.18 Å². The smallest absolute Gasteiger partial charge is 0.254 e. The number of hydrogen-bond donors (Lipinski definition) is 2. The number of nitrogens with one attached hydrogen (secondary N) is 2. The Balaban J connectivity index is 1.69. The van der Waals surface area contributed by atoms with Crippen molar-refractivity contribution in [2.45, 2.75) is 34.2 Å². The average Bonchev–Trinajstić information content (AvgIpc) is 2.72. The summed E-state index contributed by atoms with van der Waals surface area (Å²) in [6, 6.07) is 8.94. The molecule has 0 amide bonds. The van der Waals surface area contributed by atoms with Gasteiger partial charge in [0.25, 0.3) is 5.56 Å². The first kappa shape index (κ1) is 20.5. The van der Waals surface area contributed by atoms with Gasteiger partial charge in [-0.3, -0.25) is 4.79 Å². The Bertz CT molecular complexity index is 1040. The zero-order valence-electron chi connectivity index (χ0n) is 17.2. The van der Waals surface area contributed by atoms with E-state index < -0.39 is 0 Å². The standard InChI is InChI=1S/C22H26FN5O/c1-5-28(6-2)19-9-7-16(11-18(19)23)12-24-20-10-8-17(13-25-20)21-26-15(4)14(3)22(29)27-21/h7-11,13H,5-6,12H2,1-4H3,(H,24,25)(H,26,27,29). The normalized spacial score (nSPS) is 10.8. The Morgan fingerprint density at radius 2 is 1.90 bits per heavy atom. The maximum atomic E-state index is 14.4.